The normalized spacial score (nSPS) is 26.0. The first kappa shape index (κ1) is 25.9. The van der Waals surface area contributed by atoms with Crippen LogP contribution in [0.1, 0.15) is 50.5 Å². The van der Waals surface area contributed by atoms with Gasteiger partial charge in [-0.3, -0.25) is 9.59 Å². The van der Waals surface area contributed by atoms with Crippen molar-refractivity contribution in [3.63, 3.8) is 0 Å². The molecule has 0 aromatic heterocycles. The lowest BCUT2D eigenvalue weighted by molar-refractivity contribution is -0.137. The summed E-state index contributed by atoms with van der Waals surface area (Å²) in [6.07, 6.45) is 10.4. The summed E-state index contributed by atoms with van der Waals surface area (Å²) >= 11 is 0. The van der Waals surface area contributed by atoms with Crippen molar-refractivity contribution < 1.29 is 19.4 Å². The highest BCUT2D eigenvalue weighted by atomic mass is 16.5. The minimum Gasteiger partial charge on any atom is -0.394 e. The van der Waals surface area contributed by atoms with Crippen molar-refractivity contribution in [1.29, 1.82) is 0 Å². The van der Waals surface area contributed by atoms with Gasteiger partial charge in [-0.05, 0) is 56.7 Å². The average molecular weight is 484 g/mol. The molecule has 0 aliphatic carbocycles. The molecule has 1 aromatic rings. The van der Waals surface area contributed by atoms with Crippen LogP contribution in [0.3, 0.4) is 0 Å². The van der Waals surface area contributed by atoms with E-state index in [4.69, 9.17) is 4.74 Å². The molecule has 0 unspecified atom stereocenters. The molecule has 3 atom stereocenters. The van der Waals surface area contributed by atoms with E-state index >= 15 is 0 Å². The molecule has 4 rings (SSSR count). The predicted molar refractivity (Wildman–Crippen MR) is 136 cm³/mol. The summed E-state index contributed by atoms with van der Waals surface area (Å²) in [5.74, 6) is 0.684. The molecule has 3 aliphatic heterocycles. The van der Waals surface area contributed by atoms with E-state index in [-0.39, 0.29) is 37.0 Å². The molecule has 7 nitrogen and oxygen atoms in total. The summed E-state index contributed by atoms with van der Waals surface area (Å²) in [6.45, 7) is 4.28. The first-order valence-corrected chi connectivity index (χ1v) is 13.4. The summed E-state index contributed by atoms with van der Waals surface area (Å²) in [5, 5.41) is 12.8. The van der Waals surface area contributed by atoms with Crippen LogP contribution in [0, 0.1) is 5.92 Å². The van der Waals surface area contributed by atoms with Crippen molar-refractivity contribution in [3.8, 4) is 0 Å². The number of aliphatic hydroxyl groups is 1. The van der Waals surface area contributed by atoms with Crippen LogP contribution in [0.15, 0.2) is 42.5 Å². The minimum atomic E-state index is -0.534. The number of aliphatic hydroxyl groups excluding tert-OH is 1. The molecule has 0 saturated carbocycles. The molecule has 3 heterocycles. The molecule has 35 heavy (non-hydrogen) atoms. The topological polar surface area (TPSA) is 82.1 Å². The van der Waals surface area contributed by atoms with Gasteiger partial charge < -0.3 is 25.0 Å². The molecule has 3 aliphatic rings. The summed E-state index contributed by atoms with van der Waals surface area (Å²) in [6, 6.07) is 10.2. The Morgan fingerprint density at radius 3 is 2.46 bits per heavy atom. The van der Waals surface area contributed by atoms with Crippen LogP contribution in [-0.2, 0) is 20.7 Å². The van der Waals surface area contributed by atoms with Crippen LogP contribution in [0.25, 0.3) is 0 Å². The van der Waals surface area contributed by atoms with Gasteiger partial charge >= 0.3 is 0 Å². The van der Waals surface area contributed by atoms with Crippen molar-refractivity contribution in [2.75, 3.05) is 39.3 Å². The number of rotatable bonds is 9. The van der Waals surface area contributed by atoms with Crippen LogP contribution < -0.4 is 5.32 Å². The lowest BCUT2D eigenvalue weighted by Gasteiger charge is -2.35. The molecule has 192 valence electrons. The highest BCUT2D eigenvalue weighted by Crippen LogP contribution is 2.23. The van der Waals surface area contributed by atoms with Gasteiger partial charge in [0.25, 0.3) is 0 Å². The first-order chi connectivity index (χ1) is 17.1. The summed E-state index contributed by atoms with van der Waals surface area (Å²) in [5.41, 5.74) is 1.36. The maximum atomic E-state index is 12.9. The van der Waals surface area contributed by atoms with E-state index in [9.17, 15) is 14.7 Å². The van der Waals surface area contributed by atoms with Gasteiger partial charge in [0.15, 0.2) is 0 Å². The van der Waals surface area contributed by atoms with E-state index in [2.05, 4.69) is 34.5 Å². The van der Waals surface area contributed by atoms with Gasteiger partial charge in [-0.1, -0.05) is 48.9 Å². The number of nitrogens with one attached hydrogen (secondary N) is 1. The Balaban J connectivity index is 1.19. The standard InChI is InChI=1S/C28H41N3O4/c32-21-26-25(29-27(33)13-16-30-14-5-2-6-15-30)10-9-24(35-26)20-28(34)31-17-11-23(12-18-31)19-22-7-3-1-4-8-22/h1,3-4,7-10,23-26,32H,2,5-6,11-21H2,(H,29,33)/t24-,25+,26-/m0/s1. The van der Waals surface area contributed by atoms with Crippen molar-refractivity contribution in [2.24, 2.45) is 5.92 Å². The summed E-state index contributed by atoms with van der Waals surface area (Å²) < 4.78 is 6.00. The van der Waals surface area contributed by atoms with Gasteiger partial charge in [0.1, 0.15) is 6.10 Å². The van der Waals surface area contributed by atoms with E-state index in [0.29, 0.717) is 12.3 Å². The number of ether oxygens (including phenoxy) is 1. The van der Waals surface area contributed by atoms with Crippen LogP contribution in [0.2, 0.25) is 0 Å². The maximum Gasteiger partial charge on any atom is 0.225 e. The Morgan fingerprint density at radius 2 is 1.74 bits per heavy atom. The first-order valence-electron chi connectivity index (χ1n) is 13.4. The highest BCUT2D eigenvalue weighted by Gasteiger charge is 2.31. The van der Waals surface area contributed by atoms with Crippen molar-refractivity contribution in [2.45, 2.75) is 69.6 Å². The monoisotopic (exact) mass is 483 g/mol. The van der Waals surface area contributed by atoms with E-state index in [0.717, 1.165) is 52.0 Å². The number of benzene rings is 1. The number of likely N-dealkylation sites (tertiary alicyclic amines) is 2. The third-order valence-corrected chi connectivity index (χ3v) is 7.60. The second-order valence-corrected chi connectivity index (χ2v) is 10.2. The van der Waals surface area contributed by atoms with Crippen molar-refractivity contribution >= 4 is 11.8 Å². The zero-order valence-electron chi connectivity index (χ0n) is 20.8. The Labute approximate surface area is 209 Å². The third kappa shape index (κ3) is 7.89. The van der Waals surface area contributed by atoms with E-state index < -0.39 is 6.10 Å². The number of hydrogen-bond donors (Lipinski definition) is 2. The van der Waals surface area contributed by atoms with Gasteiger partial charge in [-0.15, -0.1) is 0 Å². The second-order valence-electron chi connectivity index (χ2n) is 10.2. The number of nitrogens with zero attached hydrogens (tertiary/aromatic N) is 2. The van der Waals surface area contributed by atoms with Crippen molar-refractivity contribution in [3.05, 3.63) is 48.0 Å². The molecule has 0 radical (unpaired) electrons. The lowest BCUT2D eigenvalue weighted by atomic mass is 9.90. The fourth-order valence-electron chi connectivity index (χ4n) is 5.47. The number of hydrogen-bond acceptors (Lipinski definition) is 5. The van der Waals surface area contributed by atoms with Crippen molar-refractivity contribution in [1.82, 2.24) is 15.1 Å². The van der Waals surface area contributed by atoms with E-state index in [1.807, 2.05) is 23.1 Å². The van der Waals surface area contributed by atoms with Gasteiger partial charge in [0, 0.05) is 26.1 Å². The molecule has 7 heteroatoms. The average Bonchev–Trinajstić information content (AvgIpc) is 2.90. The quantitative estimate of drug-likeness (QED) is 0.528. The van der Waals surface area contributed by atoms with Crippen LogP contribution in [0.5, 0.6) is 0 Å². The Morgan fingerprint density at radius 1 is 1.00 bits per heavy atom. The largest absolute Gasteiger partial charge is 0.394 e. The maximum absolute atomic E-state index is 12.9. The van der Waals surface area contributed by atoms with Crippen LogP contribution in [-0.4, -0.2) is 84.3 Å². The molecule has 0 spiro atoms. The predicted octanol–water partition coefficient (Wildman–Crippen LogP) is 2.53. The number of amides is 2. The summed E-state index contributed by atoms with van der Waals surface area (Å²) in [4.78, 5) is 29.6. The fourth-order valence-corrected chi connectivity index (χ4v) is 5.47. The minimum absolute atomic E-state index is 0.0276. The zero-order chi connectivity index (χ0) is 24.5. The molecule has 2 saturated heterocycles. The number of carbonyl (C=O) groups excluding carboxylic acids is 2. The van der Waals surface area contributed by atoms with Crippen LogP contribution in [0.4, 0.5) is 0 Å². The van der Waals surface area contributed by atoms with Crippen LogP contribution >= 0.6 is 0 Å². The Kier molecular flexibility index (Phi) is 9.74. The highest BCUT2D eigenvalue weighted by molar-refractivity contribution is 5.77. The molecule has 2 amide bonds. The molecule has 0 bridgehead atoms. The molecule has 2 fully saturated rings. The van der Waals surface area contributed by atoms with E-state index in [1.165, 1.54) is 24.8 Å². The van der Waals surface area contributed by atoms with E-state index in [1.54, 1.807) is 0 Å². The van der Waals surface area contributed by atoms with Gasteiger partial charge in [0.2, 0.25) is 11.8 Å². The number of piperidine rings is 2. The zero-order valence-corrected chi connectivity index (χ0v) is 20.8. The fraction of sp³-hybridized carbons (Fsp3) is 0.643. The number of carbonyl (C=O) groups is 2. The molecule has 1 aromatic carbocycles. The van der Waals surface area contributed by atoms with Gasteiger partial charge in [-0.2, -0.15) is 0 Å². The molecule has 2 N–H and O–H groups in total. The van der Waals surface area contributed by atoms with Gasteiger partial charge in [-0.25, -0.2) is 0 Å². The second kappa shape index (κ2) is 13.2. The molecular weight excluding hydrogens is 442 g/mol. The summed E-state index contributed by atoms with van der Waals surface area (Å²) in [7, 11) is 0. The third-order valence-electron chi connectivity index (χ3n) is 7.60. The SMILES string of the molecule is O=C(CCN1CCCCC1)N[C@@H]1C=C[C@@H](CC(=O)N2CCC(Cc3ccccc3)CC2)O[C@H]1CO. The Bertz CT molecular complexity index is 832. The lowest BCUT2D eigenvalue weighted by Crippen LogP contribution is -2.50. The molecular formula is C28H41N3O4. The van der Waals surface area contributed by atoms with Gasteiger partial charge in [0.05, 0.1) is 25.2 Å². The Hall–Kier alpha value is -2.22. The smallest absolute Gasteiger partial charge is 0.225 e.